The second-order valence-corrected chi connectivity index (χ2v) is 9.03. The molecule has 1 heterocycles. The van der Waals surface area contributed by atoms with Crippen LogP contribution < -0.4 is 10.4 Å². The van der Waals surface area contributed by atoms with E-state index in [4.69, 9.17) is 4.74 Å². The Morgan fingerprint density at radius 1 is 1.00 bits per heavy atom. The summed E-state index contributed by atoms with van der Waals surface area (Å²) in [7, 11) is 0. The van der Waals surface area contributed by atoms with E-state index in [9.17, 15) is 14.7 Å². The molecule has 0 saturated heterocycles. The highest BCUT2D eigenvalue weighted by Crippen LogP contribution is 2.33. The molecule has 0 spiro atoms. The number of hydrogen-bond acceptors (Lipinski definition) is 3. The fourth-order valence-corrected chi connectivity index (χ4v) is 4.64. The summed E-state index contributed by atoms with van der Waals surface area (Å²) in [6.07, 6.45) is 2.19. The normalized spacial score (nSPS) is 12.1. The Labute approximate surface area is 205 Å². The first-order valence-corrected chi connectivity index (χ1v) is 12.2. The van der Waals surface area contributed by atoms with Crippen molar-refractivity contribution >= 4 is 17.0 Å². The van der Waals surface area contributed by atoms with E-state index in [-0.39, 0.29) is 5.69 Å². The maximum absolute atomic E-state index is 12.7. The molecule has 6 heteroatoms. The maximum atomic E-state index is 12.7. The average Bonchev–Trinajstić information content (AvgIpc) is 3.13. The van der Waals surface area contributed by atoms with Crippen LogP contribution in [0.15, 0.2) is 65.5 Å². The highest BCUT2D eigenvalue weighted by molar-refractivity contribution is 5.76. The molecule has 0 fully saturated rings. The molecule has 1 aromatic heterocycles. The highest BCUT2D eigenvalue weighted by atomic mass is 16.5. The van der Waals surface area contributed by atoms with Crippen molar-refractivity contribution in [2.45, 2.75) is 59.1 Å². The zero-order valence-electron chi connectivity index (χ0n) is 20.5. The summed E-state index contributed by atoms with van der Waals surface area (Å²) in [4.78, 5) is 27.8. The number of nitrogens with zero attached hydrogens (tertiary/aromatic N) is 1. The van der Waals surface area contributed by atoms with Crippen LogP contribution in [0.3, 0.4) is 0 Å². The molecular formula is C29H32N2O4. The van der Waals surface area contributed by atoms with Gasteiger partial charge in [0, 0.05) is 5.56 Å². The van der Waals surface area contributed by atoms with Crippen LogP contribution in [0.4, 0.5) is 0 Å². The molecule has 0 amide bonds. The summed E-state index contributed by atoms with van der Waals surface area (Å²) >= 11 is 0. The van der Waals surface area contributed by atoms with Gasteiger partial charge in [-0.1, -0.05) is 80.8 Å². The van der Waals surface area contributed by atoms with E-state index in [2.05, 4.69) is 31.0 Å². The zero-order chi connectivity index (χ0) is 24.9. The minimum atomic E-state index is -1.09. The van der Waals surface area contributed by atoms with Crippen molar-refractivity contribution < 1.29 is 14.6 Å². The van der Waals surface area contributed by atoms with Gasteiger partial charge in [-0.3, -0.25) is 4.57 Å². The molecule has 0 radical (unpaired) electrons. The van der Waals surface area contributed by atoms with E-state index >= 15 is 0 Å². The minimum Gasteiger partial charge on any atom is -0.478 e. The minimum absolute atomic E-state index is 0.147. The molecule has 2 N–H and O–H groups in total. The maximum Gasteiger partial charge on any atom is 0.349 e. The van der Waals surface area contributed by atoms with Gasteiger partial charge in [-0.05, 0) is 48.6 Å². The zero-order valence-corrected chi connectivity index (χ0v) is 20.5. The molecule has 6 nitrogen and oxygen atoms in total. The van der Waals surface area contributed by atoms with Gasteiger partial charge in [-0.25, -0.2) is 9.59 Å². The number of ether oxygens (including phenoxy) is 1. The molecule has 3 aromatic carbocycles. The van der Waals surface area contributed by atoms with Crippen LogP contribution in [0.25, 0.3) is 11.0 Å². The van der Waals surface area contributed by atoms with Gasteiger partial charge in [0.05, 0.1) is 17.6 Å². The summed E-state index contributed by atoms with van der Waals surface area (Å²) in [5.41, 5.74) is 6.07. The summed E-state index contributed by atoms with van der Waals surface area (Å²) in [6, 6.07) is 19.2. The molecule has 1 unspecified atom stereocenters. The number of aromatic nitrogens is 2. The number of hydrogen-bond donors (Lipinski definition) is 2. The number of carboxylic acids is 1. The third kappa shape index (κ3) is 5.32. The van der Waals surface area contributed by atoms with E-state index in [1.165, 1.54) is 0 Å². The van der Waals surface area contributed by atoms with Gasteiger partial charge in [0.25, 0.3) is 0 Å². The predicted octanol–water partition coefficient (Wildman–Crippen LogP) is 5.80. The van der Waals surface area contributed by atoms with Crippen LogP contribution >= 0.6 is 0 Å². The molecule has 182 valence electrons. The highest BCUT2D eigenvalue weighted by Gasteiger charge is 2.25. The van der Waals surface area contributed by atoms with E-state index in [1.807, 2.05) is 49.4 Å². The third-order valence-electron chi connectivity index (χ3n) is 6.17. The molecule has 0 bridgehead atoms. The summed E-state index contributed by atoms with van der Waals surface area (Å²) in [5.74, 6) is -0.368. The smallest absolute Gasteiger partial charge is 0.349 e. The first-order chi connectivity index (χ1) is 16.9. The van der Waals surface area contributed by atoms with Gasteiger partial charge in [0.15, 0.2) is 0 Å². The molecular weight excluding hydrogens is 440 g/mol. The first-order valence-electron chi connectivity index (χ1n) is 12.2. The lowest BCUT2D eigenvalue weighted by atomic mass is 9.97. The number of carboxylic acid groups (broad SMARTS) is 1. The Morgan fingerprint density at radius 2 is 1.69 bits per heavy atom. The lowest BCUT2D eigenvalue weighted by molar-refractivity contribution is -0.145. The summed E-state index contributed by atoms with van der Waals surface area (Å²) in [5, 5.41) is 10.0. The van der Waals surface area contributed by atoms with E-state index in [0.717, 1.165) is 59.0 Å². The predicted molar refractivity (Wildman–Crippen MR) is 138 cm³/mol. The van der Waals surface area contributed by atoms with Crippen molar-refractivity contribution in [3.05, 3.63) is 99.0 Å². The van der Waals surface area contributed by atoms with Gasteiger partial charge < -0.3 is 14.8 Å². The molecule has 0 saturated carbocycles. The molecule has 1 atom stereocenters. The van der Waals surface area contributed by atoms with Crippen molar-refractivity contribution in [3.8, 4) is 5.75 Å². The second kappa shape index (κ2) is 10.6. The Morgan fingerprint density at radius 3 is 2.31 bits per heavy atom. The van der Waals surface area contributed by atoms with E-state index < -0.39 is 12.1 Å². The molecule has 4 rings (SSSR count). The molecule has 4 aromatic rings. The van der Waals surface area contributed by atoms with Gasteiger partial charge in [-0.15, -0.1) is 0 Å². The Kier molecular flexibility index (Phi) is 7.39. The molecule has 0 aliphatic rings. The quantitative estimate of drug-likeness (QED) is 0.306. The fourth-order valence-electron chi connectivity index (χ4n) is 4.64. The number of carbonyl (C=O) groups is 1. The number of aryl methyl sites for hydroxylation is 3. The average molecular weight is 473 g/mol. The van der Waals surface area contributed by atoms with Crippen molar-refractivity contribution in [2.24, 2.45) is 0 Å². The van der Waals surface area contributed by atoms with Crippen molar-refractivity contribution in [3.63, 3.8) is 0 Å². The van der Waals surface area contributed by atoms with Crippen LogP contribution in [-0.4, -0.2) is 20.6 Å². The monoisotopic (exact) mass is 472 g/mol. The van der Waals surface area contributed by atoms with E-state index in [1.54, 1.807) is 10.6 Å². The van der Waals surface area contributed by atoms with Gasteiger partial charge in [0.1, 0.15) is 5.75 Å². The Balaban J connectivity index is 1.77. The van der Waals surface area contributed by atoms with Crippen molar-refractivity contribution in [2.75, 3.05) is 0 Å². The topological polar surface area (TPSA) is 84.3 Å². The van der Waals surface area contributed by atoms with Crippen LogP contribution in [0.2, 0.25) is 0 Å². The van der Waals surface area contributed by atoms with Crippen LogP contribution in [0, 0.1) is 6.92 Å². The SMILES string of the molecule is CCCc1cc(Cn2c(=O)[nH]c3ccccc32)cc(CCC)c1OC(C(=O)O)c1cccc(C)c1. The third-order valence-corrected chi connectivity index (χ3v) is 6.17. The molecule has 35 heavy (non-hydrogen) atoms. The number of aromatic amines is 1. The standard InChI is InChI=1S/C29H32N2O4/c1-4-9-21-16-20(18-31-25-14-7-6-13-24(25)30-29(31)34)17-22(10-5-2)26(21)35-27(28(32)33)23-12-8-11-19(3)15-23/h6-8,11-17,27H,4-5,9-10,18H2,1-3H3,(H,30,34)(H,32,33). The van der Waals surface area contributed by atoms with Crippen LogP contribution in [-0.2, 0) is 24.2 Å². The second-order valence-electron chi connectivity index (χ2n) is 9.03. The van der Waals surface area contributed by atoms with Crippen LogP contribution in [0.1, 0.15) is 60.6 Å². The van der Waals surface area contributed by atoms with Gasteiger partial charge >= 0.3 is 11.7 Å². The molecule has 0 aliphatic carbocycles. The lowest BCUT2D eigenvalue weighted by Crippen LogP contribution is -2.20. The van der Waals surface area contributed by atoms with Crippen molar-refractivity contribution in [1.82, 2.24) is 9.55 Å². The number of para-hydroxylation sites is 2. The van der Waals surface area contributed by atoms with E-state index in [0.29, 0.717) is 17.9 Å². The van der Waals surface area contributed by atoms with Gasteiger partial charge in [0.2, 0.25) is 6.10 Å². The summed E-state index contributed by atoms with van der Waals surface area (Å²) in [6.45, 7) is 6.55. The summed E-state index contributed by atoms with van der Waals surface area (Å²) < 4.78 is 8.03. The van der Waals surface area contributed by atoms with Crippen LogP contribution in [0.5, 0.6) is 5.75 Å². The Hall–Kier alpha value is -3.80. The Bertz CT molecular complexity index is 1370. The fraction of sp³-hybridized carbons (Fsp3) is 0.310. The number of rotatable bonds is 10. The number of imidazole rings is 1. The molecule has 0 aliphatic heterocycles. The lowest BCUT2D eigenvalue weighted by Gasteiger charge is -2.22. The van der Waals surface area contributed by atoms with Gasteiger partial charge in [-0.2, -0.15) is 0 Å². The van der Waals surface area contributed by atoms with Crippen molar-refractivity contribution in [1.29, 1.82) is 0 Å². The number of aliphatic carboxylic acids is 1. The number of H-pyrrole nitrogens is 1. The first kappa shape index (κ1) is 24.3. The number of fused-ring (bicyclic) bond motifs is 1. The number of nitrogens with one attached hydrogen (secondary N) is 1. The number of benzene rings is 3. The largest absolute Gasteiger partial charge is 0.478 e.